The van der Waals surface area contributed by atoms with Crippen LogP contribution in [0.25, 0.3) is 11.1 Å². The minimum absolute atomic E-state index is 0. The fourth-order valence-corrected chi connectivity index (χ4v) is 2.17. The van der Waals surface area contributed by atoms with E-state index in [1.807, 2.05) is 36.5 Å². The summed E-state index contributed by atoms with van der Waals surface area (Å²) in [4.78, 5) is 4.49. The van der Waals surface area contributed by atoms with Crippen LogP contribution in [0.2, 0.25) is 0 Å². The Morgan fingerprint density at radius 1 is 0.682 bits per heavy atom. The fraction of sp³-hybridized carbons (Fsp3) is 0. The fourth-order valence-electron chi connectivity index (χ4n) is 2.17. The molecule has 0 spiro atoms. The molecule has 1 nitrogen and oxygen atoms in total. The number of para-hydroxylation sites is 1. The van der Waals surface area contributed by atoms with Crippen LogP contribution in [0.5, 0.6) is 0 Å². The van der Waals surface area contributed by atoms with Crippen molar-refractivity contribution in [3.8, 4) is 11.1 Å². The van der Waals surface area contributed by atoms with Gasteiger partial charge in [0, 0.05) is 38.9 Å². The summed E-state index contributed by atoms with van der Waals surface area (Å²) in [5, 5.41) is 0. The van der Waals surface area contributed by atoms with E-state index in [-0.39, 0.29) is 32.7 Å². The van der Waals surface area contributed by atoms with Crippen molar-refractivity contribution in [2.45, 2.75) is 0 Å². The molecule has 0 amide bonds. The van der Waals surface area contributed by atoms with E-state index in [1.165, 1.54) is 11.1 Å². The molecule has 2 heteroatoms. The summed E-state index contributed by atoms with van der Waals surface area (Å²) in [6, 6.07) is 26.6. The van der Waals surface area contributed by atoms with Crippen LogP contribution in [0, 0.1) is 6.92 Å². The van der Waals surface area contributed by atoms with Gasteiger partial charge in [0.25, 0.3) is 0 Å². The van der Waals surface area contributed by atoms with E-state index in [0.29, 0.717) is 0 Å². The van der Waals surface area contributed by atoms with Gasteiger partial charge in [0.05, 0.1) is 0 Å². The maximum Gasteiger partial charge on any atom is 0.0197 e. The van der Waals surface area contributed by atoms with Crippen LogP contribution in [0.3, 0.4) is 0 Å². The number of hydrogen-bond acceptors (Lipinski definition) is 1. The number of nitrogens with zero attached hydrogens (tertiary/aromatic N) is 1. The summed E-state index contributed by atoms with van der Waals surface area (Å²) in [6.45, 7) is 3.97. The average molecular weight is 359 g/mol. The van der Waals surface area contributed by atoms with E-state index in [4.69, 9.17) is 0 Å². The molecule has 0 N–H and O–H groups in total. The minimum atomic E-state index is 0. The zero-order chi connectivity index (χ0) is 14.5. The first-order valence-corrected chi connectivity index (χ1v) is 6.93. The molecule has 1 radical (unpaired) electrons. The van der Waals surface area contributed by atoms with Crippen molar-refractivity contribution in [3.05, 3.63) is 96.9 Å². The van der Waals surface area contributed by atoms with Crippen molar-refractivity contribution in [1.82, 2.24) is 0 Å². The second-order valence-corrected chi connectivity index (χ2v) is 4.87. The molecule has 0 fully saturated rings. The van der Waals surface area contributed by atoms with Gasteiger partial charge in [0.2, 0.25) is 0 Å². The van der Waals surface area contributed by atoms with Crippen molar-refractivity contribution in [2.24, 2.45) is 4.99 Å². The first kappa shape index (κ1) is 16.7. The van der Waals surface area contributed by atoms with E-state index in [0.717, 1.165) is 16.8 Å². The van der Waals surface area contributed by atoms with E-state index < -0.39 is 0 Å². The van der Waals surface area contributed by atoms with Gasteiger partial charge in [0.1, 0.15) is 0 Å². The maximum atomic E-state index is 4.49. The Balaban J connectivity index is 0.00000176. The predicted molar refractivity (Wildman–Crippen MR) is 90.0 cm³/mol. The largest absolute Gasteiger partial charge is 0.320 e. The van der Waals surface area contributed by atoms with Gasteiger partial charge in [-0.25, -0.2) is 0 Å². The monoisotopic (exact) mass is 359 g/mol. The van der Waals surface area contributed by atoms with Crippen molar-refractivity contribution >= 4 is 11.9 Å². The molecule has 105 valence electrons. The van der Waals surface area contributed by atoms with Gasteiger partial charge < -0.3 is 4.99 Å². The maximum absolute atomic E-state index is 4.49. The van der Waals surface area contributed by atoms with Crippen LogP contribution < -0.4 is 0 Å². The van der Waals surface area contributed by atoms with Gasteiger partial charge in [-0.15, -0.1) is 6.07 Å². The van der Waals surface area contributed by atoms with Gasteiger partial charge in [0.15, 0.2) is 0 Å². The Kier molecular flexibility index (Phi) is 6.12. The van der Waals surface area contributed by atoms with Gasteiger partial charge in [-0.05, 0) is 22.4 Å². The molecular formula is C20H16NY-. The number of aliphatic imine (C=N–C) groups is 1. The molecule has 0 atom stereocenters. The smallest absolute Gasteiger partial charge is 0.0197 e. The van der Waals surface area contributed by atoms with Crippen molar-refractivity contribution in [2.75, 3.05) is 0 Å². The molecule has 0 unspecified atom stereocenters. The summed E-state index contributed by atoms with van der Waals surface area (Å²) < 4.78 is 0. The molecule has 0 bridgehead atoms. The van der Waals surface area contributed by atoms with E-state index in [9.17, 15) is 0 Å². The summed E-state index contributed by atoms with van der Waals surface area (Å²) in [5.74, 6) is 0. The Morgan fingerprint density at radius 3 is 1.95 bits per heavy atom. The molecule has 0 aliphatic carbocycles. The second-order valence-electron chi connectivity index (χ2n) is 4.87. The normalized spacial score (nSPS) is 10.4. The first-order chi connectivity index (χ1) is 10.3. The Morgan fingerprint density at radius 2 is 1.27 bits per heavy atom. The molecule has 0 heterocycles. The number of hydrogen-bond donors (Lipinski definition) is 0. The van der Waals surface area contributed by atoms with E-state index in [2.05, 4.69) is 60.4 Å². The molecule has 3 aromatic carbocycles. The zero-order valence-corrected chi connectivity index (χ0v) is 15.2. The minimum Gasteiger partial charge on any atom is -0.320 e. The summed E-state index contributed by atoms with van der Waals surface area (Å²) >= 11 is 0. The standard InChI is InChI=1S/C20H16N.Y/c1-16-7-5-6-10-20(16)21-15-17-11-13-19(14-12-17)18-8-3-2-4-9-18;/h2-15H,1H2;/q-1;. The van der Waals surface area contributed by atoms with Crippen LogP contribution in [0.4, 0.5) is 5.69 Å². The van der Waals surface area contributed by atoms with Gasteiger partial charge in [-0.2, -0.15) is 18.6 Å². The van der Waals surface area contributed by atoms with Crippen molar-refractivity contribution in [1.29, 1.82) is 0 Å². The molecule has 0 aromatic heterocycles. The van der Waals surface area contributed by atoms with Crippen LogP contribution in [-0.4, -0.2) is 6.21 Å². The van der Waals surface area contributed by atoms with Crippen LogP contribution in [0.15, 0.2) is 83.9 Å². The van der Waals surface area contributed by atoms with E-state index in [1.54, 1.807) is 0 Å². The Bertz CT molecular complexity index is 746. The Hall–Kier alpha value is -1.70. The van der Waals surface area contributed by atoms with Gasteiger partial charge in [-0.1, -0.05) is 66.7 Å². The van der Waals surface area contributed by atoms with Gasteiger partial charge in [-0.3, -0.25) is 0 Å². The molecule has 0 aliphatic rings. The van der Waals surface area contributed by atoms with Gasteiger partial charge >= 0.3 is 0 Å². The molecule has 0 saturated carbocycles. The second kappa shape index (κ2) is 8.07. The number of rotatable bonds is 3. The molecule has 0 aliphatic heterocycles. The summed E-state index contributed by atoms with van der Waals surface area (Å²) in [5.41, 5.74) is 5.37. The summed E-state index contributed by atoms with van der Waals surface area (Å²) in [6.07, 6.45) is 1.87. The van der Waals surface area contributed by atoms with Crippen LogP contribution in [-0.2, 0) is 32.7 Å². The van der Waals surface area contributed by atoms with Crippen LogP contribution >= 0.6 is 0 Å². The van der Waals surface area contributed by atoms with Crippen molar-refractivity contribution in [3.63, 3.8) is 0 Å². The third-order valence-electron chi connectivity index (χ3n) is 3.36. The molecule has 22 heavy (non-hydrogen) atoms. The van der Waals surface area contributed by atoms with Crippen molar-refractivity contribution < 1.29 is 32.7 Å². The quantitative estimate of drug-likeness (QED) is 0.445. The predicted octanol–water partition coefficient (Wildman–Crippen LogP) is 5.28. The molecule has 3 aromatic rings. The third-order valence-corrected chi connectivity index (χ3v) is 3.36. The third kappa shape index (κ3) is 4.16. The zero-order valence-electron chi connectivity index (χ0n) is 12.3. The summed E-state index contributed by atoms with van der Waals surface area (Å²) in [7, 11) is 0. The molecule has 3 rings (SSSR count). The Labute approximate surface area is 157 Å². The van der Waals surface area contributed by atoms with E-state index >= 15 is 0 Å². The first-order valence-electron chi connectivity index (χ1n) is 6.93. The molecular weight excluding hydrogens is 343 g/mol. The topological polar surface area (TPSA) is 12.4 Å². The molecule has 0 saturated heterocycles. The number of benzene rings is 3. The van der Waals surface area contributed by atoms with Crippen LogP contribution in [0.1, 0.15) is 11.1 Å². The SMILES string of the molecule is [CH2-]c1ccccc1N=Cc1ccc(-c2ccccc2)cc1.[Y]. The average Bonchev–Trinajstić information content (AvgIpc) is 2.55.